The Morgan fingerprint density at radius 1 is 1.25 bits per heavy atom. The van der Waals surface area contributed by atoms with Gasteiger partial charge < -0.3 is 7.43 Å². The molecule has 124 valence electrons. The number of para-hydroxylation sites is 1. The molecule has 0 fully saturated rings. The van der Waals surface area contributed by atoms with Crippen molar-refractivity contribution in [2.24, 2.45) is 0 Å². The second-order valence-corrected chi connectivity index (χ2v) is 5.01. The maximum Gasteiger partial charge on any atom is 2.00 e. The van der Waals surface area contributed by atoms with Crippen LogP contribution < -0.4 is 5.32 Å². The first kappa shape index (κ1) is 22.7. The van der Waals surface area contributed by atoms with E-state index in [0.29, 0.717) is 16.7 Å². The van der Waals surface area contributed by atoms with Gasteiger partial charge in [-0.05, 0) is 17.6 Å². The Morgan fingerprint density at radius 2 is 1.96 bits per heavy atom. The minimum atomic E-state index is -0.907. The predicted octanol–water partition coefficient (Wildman–Crippen LogP) is 5.10. The molecule has 0 aliphatic rings. The Bertz CT molecular complexity index is 775. The van der Waals surface area contributed by atoms with Crippen molar-refractivity contribution in [1.29, 1.82) is 0 Å². The van der Waals surface area contributed by atoms with Gasteiger partial charge in [0.1, 0.15) is 11.6 Å². The van der Waals surface area contributed by atoms with E-state index in [9.17, 15) is 13.6 Å². The summed E-state index contributed by atoms with van der Waals surface area (Å²) in [6.07, 6.45) is 0. The number of carbonyl (C=O) groups excluding carboxylic acids is 1. The van der Waals surface area contributed by atoms with Crippen molar-refractivity contribution in [2.45, 2.75) is 13.8 Å². The number of amides is 1. The summed E-state index contributed by atoms with van der Waals surface area (Å²) in [6.45, 7) is 4.00. The number of anilines is 1. The fourth-order valence-corrected chi connectivity index (χ4v) is 2.54. The van der Waals surface area contributed by atoms with Crippen molar-refractivity contribution in [3.63, 3.8) is 0 Å². The van der Waals surface area contributed by atoms with E-state index in [4.69, 9.17) is 0 Å². The summed E-state index contributed by atoms with van der Waals surface area (Å²) < 4.78 is 27.1. The zero-order valence-electron chi connectivity index (χ0n) is 13.5. The first-order chi connectivity index (χ1) is 10.6. The number of aromatic nitrogens is 1. The molecule has 3 nitrogen and oxygen atoms in total. The molecule has 2 aromatic carbocycles. The largest absolute Gasteiger partial charge is 2.00 e. The number of fused-ring (bicyclic) bond motifs is 1. The fourth-order valence-electron chi connectivity index (χ4n) is 1.70. The van der Waals surface area contributed by atoms with Gasteiger partial charge in [0.05, 0.1) is 5.56 Å². The third kappa shape index (κ3) is 5.37. The van der Waals surface area contributed by atoms with Crippen molar-refractivity contribution in [2.75, 3.05) is 5.32 Å². The number of halogens is 2. The monoisotopic (exact) mass is 572 g/mol. The van der Waals surface area contributed by atoms with Crippen molar-refractivity contribution in [3.8, 4) is 0 Å². The molecule has 1 aromatic heterocycles. The molecule has 1 amide bonds. The van der Waals surface area contributed by atoms with Gasteiger partial charge in [-0.15, -0.1) is 0 Å². The van der Waals surface area contributed by atoms with Gasteiger partial charge >= 0.3 is 31.1 Å². The van der Waals surface area contributed by atoms with Crippen molar-refractivity contribution < 1.29 is 44.7 Å². The van der Waals surface area contributed by atoms with E-state index in [-0.39, 0.29) is 44.1 Å². The molecule has 0 bridgehead atoms. The van der Waals surface area contributed by atoms with Gasteiger partial charge in [-0.2, -0.15) is 35.6 Å². The molecule has 1 N–H and O–H groups in total. The number of rotatable bonds is 2. The Balaban J connectivity index is 0.00000128. The summed E-state index contributed by atoms with van der Waals surface area (Å²) in [4.78, 5) is 16.1. The molecule has 0 saturated heterocycles. The summed E-state index contributed by atoms with van der Waals surface area (Å²) in [5.74, 6) is -2.30. The average molecular weight is 572 g/mol. The van der Waals surface area contributed by atoms with E-state index in [2.05, 4.69) is 16.4 Å². The third-order valence-electron chi connectivity index (χ3n) is 2.61. The van der Waals surface area contributed by atoms with Crippen molar-refractivity contribution in [3.05, 3.63) is 67.1 Å². The van der Waals surface area contributed by atoms with Crippen LogP contribution in [0, 0.1) is 56.2 Å². The average Bonchev–Trinajstić information content (AvgIpc) is 2.91. The normalized spacial score (nSPS) is 9.17. The van der Waals surface area contributed by atoms with E-state index in [0.717, 1.165) is 16.8 Å². The predicted molar refractivity (Wildman–Crippen MR) is 90.5 cm³/mol. The number of carbonyl (C=O) groups is 1. The van der Waals surface area contributed by atoms with E-state index >= 15 is 0 Å². The Kier molecular flexibility index (Phi) is 9.98. The minimum Gasteiger partial charge on any atom is -0.358 e. The summed E-state index contributed by atoms with van der Waals surface area (Å²) >= 11 is 1.26. The van der Waals surface area contributed by atoms with Crippen molar-refractivity contribution in [1.82, 2.24) is 4.98 Å². The van der Waals surface area contributed by atoms with Crippen LogP contribution in [0.25, 0.3) is 10.2 Å². The first-order valence-corrected chi connectivity index (χ1v) is 7.49. The SMILES string of the molecule is CC.O=C(Nc1nc2[c-]cccc2s1)c1ccc(F)cc1F.[CH3-].[U+2]. The van der Waals surface area contributed by atoms with Gasteiger partial charge in [0.25, 0.3) is 5.91 Å². The van der Waals surface area contributed by atoms with Crippen LogP contribution >= 0.6 is 11.3 Å². The van der Waals surface area contributed by atoms with Gasteiger partial charge in [-0.1, -0.05) is 18.5 Å². The summed E-state index contributed by atoms with van der Waals surface area (Å²) in [5, 5.41) is 2.84. The minimum absolute atomic E-state index is 0. The molecule has 0 spiro atoms. The molecule has 7 heteroatoms. The molecule has 0 aliphatic carbocycles. The summed E-state index contributed by atoms with van der Waals surface area (Å²) in [7, 11) is 0. The van der Waals surface area contributed by atoms with Crippen LogP contribution in [0.4, 0.5) is 13.9 Å². The zero-order valence-corrected chi connectivity index (χ0v) is 18.5. The van der Waals surface area contributed by atoms with Crippen LogP contribution in [0.15, 0.2) is 36.4 Å². The smallest absolute Gasteiger partial charge is 0.358 e. The second-order valence-electron chi connectivity index (χ2n) is 3.98. The quantitative estimate of drug-likeness (QED) is 0.435. The van der Waals surface area contributed by atoms with E-state index in [1.54, 1.807) is 6.07 Å². The number of thiazole rings is 1. The van der Waals surface area contributed by atoms with Gasteiger partial charge in [-0.25, -0.2) is 13.8 Å². The zero-order chi connectivity index (χ0) is 16.1. The maximum absolute atomic E-state index is 13.5. The standard InChI is InChI=1S/C14H7F2N2OS.C2H6.CH3.U/c15-8-5-6-9(10(16)7-8)13(19)18-14-17-11-3-1-2-4-12(11)20-14;1-2;;/h1-2,4-7H,(H,17,18,19);1-2H3;1H3;/q-1;;-1;+2. The molecule has 0 atom stereocenters. The molecule has 0 unspecified atom stereocenters. The Hall–Kier alpha value is -1.29. The Morgan fingerprint density at radius 3 is 2.58 bits per heavy atom. The number of hydrogen-bond donors (Lipinski definition) is 1. The van der Waals surface area contributed by atoms with E-state index in [1.165, 1.54) is 11.3 Å². The number of benzene rings is 2. The van der Waals surface area contributed by atoms with Crippen LogP contribution in [0.1, 0.15) is 24.2 Å². The molecular formula is C17H16F2N2OSU. The molecule has 3 aromatic rings. The molecule has 3 rings (SSSR count). The molecule has 0 saturated carbocycles. The molecular weight excluding hydrogens is 556 g/mol. The molecule has 0 radical (unpaired) electrons. The van der Waals surface area contributed by atoms with Crippen molar-refractivity contribution >= 4 is 32.6 Å². The van der Waals surface area contributed by atoms with Crippen LogP contribution in [0.2, 0.25) is 0 Å². The van der Waals surface area contributed by atoms with Crippen LogP contribution in [-0.2, 0) is 0 Å². The topological polar surface area (TPSA) is 42.0 Å². The van der Waals surface area contributed by atoms with Crippen LogP contribution in [-0.4, -0.2) is 10.9 Å². The molecule has 24 heavy (non-hydrogen) atoms. The van der Waals surface area contributed by atoms with Crippen LogP contribution in [0.3, 0.4) is 0 Å². The number of nitrogens with one attached hydrogen (secondary N) is 1. The Labute approximate surface area is 167 Å². The summed E-state index contributed by atoms with van der Waals surface area (Å²) in [6, 6.07) is 11.1. The maximum atomic E-state index is 13.5. The van der Waals surface area contributed by atoms with Gasteiger partial charge in [0, 0.05) is 6.07 Å². The second kappa shape index (κ2) is 10.6. The van der Waals surface area contributed by atoms with Gasteiger partial charge in [0.2, 0.25) is 0 Å². The van der Waals surface area contributed by atoms with Crippen LogP contribution in [0.5, 0.6) is 0 Å². The van der Waals surface area contributed by atoms with Gasteiger partial charge in [-0.3, -0.25) is 10.1 Å². The number of hydrogen-bond acceptors (Lipinski definition) is 3. The first-order valence-electron chi connectivity index (χ1n) is 6.67. The third-order valence-corrected chi connectivity index (χ3v) is 3.55. The summed E-state index contributed by atoms with van der Waals surface area (Å²) in [5.41, 5.74) is 0.405. The molecule has 1 heterocycles. The number of nitrogens with zero attached hydrogens (tertiary/aromatic N) is 1. The van der Waals surface area contributed by atoms with E-state index < -0.39 is 17.5 Å². The van der Waals surface area contributed by atoms with Gasteiger partial charge in [0.15, 0.2) is 5.13 Å². The molecule has 0 aliphatic heterocycles. The fraction of sp³-hybridized carbons (Fsp3) is 0.118. The van der Waals surface area contributed by atoms with E-state index in [1.807, 2.05) is 26.0 Å².